The van der Waals surface area contributed by atoms with Crippen molar-refractivity contribution in [3.63, 3.8) is 0 Å². The number of aryl methyl sites for hydroxylation is 1. The summed E-state index contributed by atoms with van der Waals surface area (Å²) in [4.78, 5) is 24.7. The fourth-order valence-electron chi connectivity index (χ4n) is 2.30. The van der Waals surface area contributed by atoms with Crippen molar-refractivity contribution in [3.05, 3.63) is 47.5 Å². The minimum Gasteiger partial charge on any atom is -0.394 e. The van der Waals surface area contributed by atoms with Crippen LogP contribution >= 0.6 is 0 Å². The minimum atomic E-state index is -0.939. The molecule has 0 saturated carbocycles. The zero-order valence-corrected chi connectivity index (χ0v) is 14.1. The predicted octanol–water partition coefficient (Wildman–Crippen LogP) is 1.77. The highest BCUT2D eigenvalue weighted by molar-refractivity contribution is 6.44. The average Bonchev–Trinajstić information content (AvgIpc) is 2.96. The molecule has 0 unspecified atom stereocenters. The monoisotopic (exact) mass is 343 g/mol. The average molecular weight is 343 g/mol. The number of aliphatic hydroxyl groups is 1. The third kappa shape index (κ3) is 3.92. The SMILES string of the molecule is Cn1cc(C(=O)C(=O)NC(C)(C)CO)c(-c2ccc(F)c(C#N)c2)c1. The van der Waals surface area contributed by atoms with Gasteiger partial charge in [0, 0.05) is 25.0 Å². The molecule has 25 heavy (non-hydrogen) atoms. The third-order valence-corrected chi connectivity index (χ3v) is 3.65. The number of halogens is 1. The van der Waals surface area contributed by atoms with E-state index in [0.29, 0.717) is 11.1 Å². The molecular weight excluding hydrogens is 325 g/mol. The molecule has 2 N–H and O–H groups in total. The number of nitrogens with zero attached hydrogens (tertiary/aromatic N) is 2. The quantitative estimate of drug-likeness (QED) is 0.639. The van der Waals surface area contributed by atoms with Crippen molar-refractivity contribution in [1.82, 2.24) is 9.88 Å². The van der Waals surface area contributed by atoms with Crippen LogP contribution in [0.2, 0.25) is 0 Å². The molecule has 0 atom stereocenters. The summed E-state index contributed by atoms with van der Waals surface area (Å²) in [5.74, 6) is -2.29. The second-order valence-electron chi connectivity index (χ2n) is 6.38. The first-order valence-electron chi connectivity index (χ1n) is 7.52. The second kappa shape index (κ2) is 6.87. The van der Waals surface area contributed by atoms with Crippen molar-refractivity contribution >= 4 is 11.7 Å². The Balaban J connectivity index is 2.43. The lowest BCUT2D eigenvalue weighted by molar-refractivity contribution is -0.118. The molecule has 6 nitrogen and oxygen atoms in total. The van der Waals surface area contributed by atoms with Crippen LogP contribution in [0.15, 0.2) is 30.6 Å². The molecule has 0 fully saturated rings. The van der Waals surface area contributed by atoms with Crippen LogP contribution in [0.4, 0.5) is 4.39 Å². The summed E-state index contributed by atoms with van der Waals surface area (Å²) in [6.45, 7) is 2.85. The highest BCUT2D eigenvalue weighted by atomic mass is 19.1. The van der Waals surface area contributed by atoms with E-state index in [4.69, 9.17) is 5.26 Å². The summed E-state index contributed by atoms with van der Waals surface area (Å²) in [7, 11) is 1.69. The van der Waals surface area contributed by atoms with E-state index in [1.165, 1.54) is 18.3 Å². The van der Waals surface area contributed by atoms with Crippen molar-refractivity contribution < 1.29 is 19.1 Å². The second-order valence-corrected chi connectivity index (χ2v) is 6.38. The lowest BCUT2D eigenvalue weighted by Crippen LogP contribution is -2.48. The van der Waals surface area contributed by atoms with E-state index in [-0.39, 0.29) is 17.7 Å². The van der Waals surface area contributed by atoms with Crippen LogP contribution in [-0.2, 0) is 11.8 Å². The number of rotatable bonds is 5. The summed E-state index contributed by atoms with van der Waals surface area (Å²) in [6, 6.07) is 5.66. The molecule has 130 valence electrons. The minimum absolute atomic E-state index is 0.129. The smallest absolute Gasteiger partial charge is 0.292 e. The van der Waals surface area contributed by atoms with Gasteiger partial charge in [-0.05, 0) is 31.5 Å². The molecule has 0 saturated heterocycles. The van der Waals surface area contributed by atoms with Gasteiger partial charge in [0.05, 0.1) is 23.3 Å². The maximum absolute atomic E-state index is 13.5. The number of benzene rings is 1. The van der Waals surface area contributed by atoms with Gasteiger partial charge < -0.3 is 15.0 Å². The van der Waals surface area contributed by atoms with Crippen LogP contribution in [0, 0.1) is 17.1 Å². The number of hydrogen-bond donors (Lipinski definition) is 2. The van der Waals surface area contributed by atoms with Gasteiger partial charge in [-0.25, -0.2) is 4.39 Å². The molecule has 1 amide bonds. The number of nitriles is 1. The van der Waals surface area contributed by atoms with Crippen molar-refractivity contribution in [3.8, 4) is 17.2 Å². The molecule has 2 aromatic rings. The molecule has 7 heteroatoms. The molecular formula is C18H18FN3O3. The van der Waals surface area contributed by atoms with Gasteiger partial charge in [0.2, 0.25) is 0 Å². The fourth-order valence-corrected chi connectivity index (χ4v) is 2.30. The Hall–Kier alpha value is -2.98. The van der Waals surface area contributed by atoms with Crippen LogP contribution in [0.25, 0.3) is 11.1 Å². The molecule has 0 aliphatic carbocycles. The largest absolute Gasteiger partial charge is 0.394 e. The predicted molar refractivity (Wildman–Crippen MR) is 89.2 cm³/mol. The van der Waals surface area contributed by atoms with Crippen molar-refractivity contribution in [2.75, 3.05) is 6.61 Å². The first kappa shape index (κ1) is 18.4. The molecule has 1 heterocycles. The normalized spacial score (nSPS) is 11.0. The molecule has 2 rings (SSSR count). The number of hydrogen-bond acceptors (Lipinski definition) is 4. The molecule has 0 aliphatic heterocycles. The number of nitrogens with one attached hydrogen (secondary N) is 1. The molecule has 0 aliphatic rings. The van der Waals surface area contributed by atoms with E-state index < -0.39 is 23.0 Å². The van der Waals surface area contributed by atoms with E-state index >= 15 is 0 Å². The van der Waals surface area contributed by atoms with Crippen LogP contribution in [-0.4, -0.2) is 33.5 Å². The van der Waals surface area contributed by atoms with Gasteiger partial charge >= 0.3 is 0 Å². The zero-order chi connectivity index (χ0) is 18.8. The molecule has 1 aromatic heterocycles. The number of ketones is 1. The number of amides is 1. The lowest BCUT2D eigenvalue weighted by atomic mass is 9.99. The van der Waals surface area contributed by atoms with Gasteiger partial charge in [-0.15, -0.1) is 0 Å². The number of carbonyl (C=O) groups is 2. The summed E-state index contributed by atoms with van der Waals surface area (Å²) >= 11 is 0. The Labute approximate surface area is 144 Å². The summed E-state index contributed by atoms with van der Waals surface area (Å²) < 4.78 is 15.1. The Kier molecular flexibility index (Phi) is 5.04. The summed E-state index contributed by atoms with van der Waals surface area (Å²) in [5.41, 5.74) is -0.0853. The van der Waals surface area contributed by atoms with Crippen LogP contribution in [0.3, 0.4) is 0 Å². The van der Waals surface area contributed by atoms with Gasteiger partial charge in [0.15, 0.2) is 0 Å². The summed E-state index contributed by atoms with van der Waals surface area (Å²) in [6.07, 6.45) is 3.10. The summed E-state index contributed by atoms with van der Waals surface area (Å²) in [5, 5.41) is 20.6. The molecule has 0 radical (unpaired) electrons. The first-order chi connectivity index (χ1) is 11.7. The van der Waals surface area contributed by atoms with E-state index in [1.54, 1.807) is 37.7 Å². The maximum atomic E-state index is 13.5. The number of aromatic nitrogens is 1. The van der Waals surface area contributed by atoms with Crippen LogP contribution in [0.1, 0.15) is 29.8 Å². The number of Topliss-reactive ketones (excluding diaryl/α,β-unsaturated/α-hetero) is 1. The van der Waals surface area contributed by atoms with Crippen molar-refractivity contribution in [1.29, 1.82) is 5.26 Å². The van der Waals surface area contributed by atoms with E-state index in [1.807, 2.05) is 0 Å². The van der Waals surface area contributed by atoms with Crippen molar-refractivity contribution in [2.24, 2.45) is 7.05 Å². The third-order valence-electron chi connectivity index (χ3n) is 3.65. The Bertz CT molecular complexity index is 878. The molecule has 0 spiro atoms. The maximum Gasteiger partial charge on any atom is 0.292 e. The van der Waals surface area contributed by atoms with E-state index in [0.717, 1.165) is 6.07 Å². The van der Waals surface area contributed by atoms with Crippen molar-refractivity contribution in [2.45, 2.75) is 19.4 Å². The Morgan fingerprint density at radius 2 is 2.04 bits per heavy atom. The van der Waals surface area contributed by atoms with Gasteiger partial charge in [-0.3, -0.25) is 9.59 Å². The van der Waals surface area contributed by atoms with Gasteiger partial charge in [0.1, 0.15) is 11.9 Å². The standard InChI is InChI=1S/C18H18FN3O3/c1-18(2,10-23)21-17(25)16(24)14-9-22(3)8-13(14)11-4-5-15(19)12(6-11)7-20/h4-6,8-9,23H,10H2,1-3H3,(H,21,25). The topological polar surface area (TPSA) is 95.1 Å². The molecule has 1 aromatic carbocycles. The lowest BCUT2D eigenvalue weighted by Gasteiger charge is -2.22. The van der Waals surface area contributed by atoms with E-state index in [2.05, 4.69) is 5.32 Å². The highest BCUT2D eigenvalue weighted by Gasteiger charge is 2.27. The van der Waals surface area contributed by atoms with Crippen LogP contribution in [0.5, 0.6) is 0 Å². The van der Waals surface area contributed by atoms with Crippen LogP contribution < -0.4 is 5.32 Å². The molecule has 0 bridgehead atoms. The van der Waals surface area contributed by atoms with Gasteiger partial charge in [0.25, 0.3) is 11.7 Å². The fraction of sp³-hybridized carbons (Fsp3) is 0.278. The number of carbonyl (C=O) groups excluding carboxylic acids is 2. The van der Waals surface area contributed by atoms with E-state index in [9.17, 15) is 19.1 Å². The first-order valence-corrected chi connectivity index (χ1v) is 7.52. The zero-order valence-electron chi connectivity index (χ0n) is 14.1. The van der Waals surface area contributed by atoms with Gasteiger partial charge in [-0.2, -0.15) is 5.26 Å². The number of aliphatic hydroxyl groups excluding tert-OH is 1. The highest BCUT2D eigenvalue weighted by Crippen LogP contribution is 2.27. The Morgan fingerprint density at radius 1 is 1.36 bits per heavy atom. The van der Waals surface area contributed by atoms with Gasteiger partial charge in [-0.1, -0.05) is 6.07 Å². The Morgan fingerprint density at radius 3 is 2.64 bits per heavy atom.